The van der Waals surface area contributed by atoms with E-state index >= 15 is 0 Å². The summed E-state index contributed by atoms with van der Waals surface area (Å²) in [4.78, 5) is 11.1. The third kappa shape index (κ3) is 3.35. The monoisotopic (exact) mass is 230 g/mol. The van der Waals surface area contributed by atoms with Crippen molar-refractivity contribution in [2.75, 3.05) is 12.4 Å². The van der Waals surface area contributed by atoms with E-state index in [2.05, 4.69) is 10.1 Å². The van der Waals surface area contributed by atoms with Gasteiger partial charge in [0, 0.05) is 11.9 Å². The zero-order chi connectivity index (χ0) is 12.8. The number of rotatable bonds is 3. The van der Waals surface area contributed by atoms with Gasteiger partial charge >= 0.3 is 5.97 Å². The Labute approximate surface area is 101 Å². The van der Waals surface area contributed by atoms with Crippen molar-refractivity contribution in [3.63, 3.8) is 0 Å². The van der Waals surface area contributed by atoms with Gasteiger partial charge in [0.1, 0.15) is 6.07 Å². The van der Waals surface area contributed by atoms with Crippen LogP contribution < -0.4 is 5.32 Å². The molecular formula is C13H14N2O2. The molecular weight excluding hydrogens is 216 g/mol. The van der Waals surface area contributed by atoms with Gasteiger partial charge < -0.3 is 10.1 Å². The van der Waals surface area contributed by atoms with E-state index in [0.717, 1.165) is 11.3 Å². The summed E-state index contributed by atoms with van der Waals surface area (Å²) in [6.07, 6.45) is 1.34. The van der Waals surface area contributed by atoms with Crippen molar-refractivity contribution in [2.45, 2.75) is 13.8 Å². The molecule has 0 amide bonds. The summed E-state index contributed by atoms with van der Waals surface area (Å²) in [7, 11) is 1.24. The van der Waals surface area contributed by atoms with Crippen LogP contribution >= 0.6 is 0 Å². The maximum absolute atomic E-state index is 11.1. The highest BCUT2D eigenvalue weighted by atomic mass is 16.5. The number of anilines is 1. The number of benzene rings is 1. The summed E-state index contributed by atoms with van der Waals surface area (Å²) in [6.45, 7) is 4.01. The third-order valence-electron chi connectivity index (χ3n) is 2.42. The molecule has 0 atom stereocenters. The molecule has 4 nitrogen and oxygen atoms in total. The van der Waals surface area contributed by atoms with E-state index in [0.29, 0.717) is 0 Å². The summed E-state index contributed by atoms with van der Waals surface area (Å²) >= 11 is 0. The largest absolute Gasteiger partial charge is 0.465 e. The number of nitriles is 1. The van der Waals surface area contributed by atoms with Crippen molar-refractivity contribution in [2.24, 2.45) is 0 Å². The van der Waals surface area contributed by atoms with Crippen LogP contribution in [0.25, 0.3) is 0 Å². The third-order valence-corrected chi connectivity index (χ3v) is 2.42. The molecule has 0 aliphatic carbocycles. The molecule has 0 spiro atoms. The first kappa shape index (κ1) is 12.8. The summed E-state index contributed by atoms with van der Waals surface area (Å²) < 4.78 is 4.46. The van der Waals surface area contributed by atoms with Crippen LogP contribution in [0.3, 0.4) is 0 Å². The van der Waals surface area contributed by atoms with Gasteiger partial charge in [-0.05, 0) is 37.1 Å². The Balaban J connectivity index is 2.85. The lowest BCUT2D eigenvalue weighted by molar-refractivity contribution is -0.135. The maximum atomic E-state index is 11.1. The van der Waals surface area contributed by atoms with Crippen molar-refractivity contribution >= 4 is 11.7 Å². The van der Waals surface area contributed by atoms with Crippen molar-refractivity contribution in [1.29, 1.82) is 5.26 Å². The van der Waals surface area contributed by atoms with Crippen LogP contribution in [0.1, 0.15) is 11.1 Å². The lowest BCUT2D eigenvalue weighted by atomic mass is 10.1. The van der Waals surface area contributed by atoms with E-state index in [1.807, 2.05) is 32.0 Å². The fourth-order valence-corrected chi connectivity index (χ4v) is 1.23. The Morgan fingerprint density at radius 1 is 1.41 bits per heavy atom. The van der Waals surface area contributed by atoms with Crippen LogP contribution in [0, 0.1) is 25.2 Å². The minimum Gasteiger partial charge on any atom is -0.465 e. The number of carbonyl (C=O) groups is 1. The molecule has 1 N–H and O–H groups in total. The molecule has 0 unspecified atom stereocenters. The maximum Gasteiger partial charge on any atom is 0.350 e. The van der Waals surface area contributed by atoms with Gasteiger partial charge in [-0.1, -0.05) is 6.07 Å². The fraction of sp³-hybridized carbons (Fsp3) is 0.231. The van der Waals surface area contributed by atoms with E-state index in [4.69, 9.17) is 5.26 Å². The van der Waals surface area contributed by atoms with Crippen LogP contribution in [0.5, 0.6) is 0 Å². The predicted molar refractivity (Wildman–Crippen MR) is 65.3 cm³/mol. The van der Waals surface area contributed by atoms with E-state index in [1.165, 1.54) is 18.9 Å². The van der Waals surface area contributed by atoms with Gasteiger partial charge in [0.15, 0.2) is 5.57 Å². The molecule has 17 heavy (non-hydrogen) atoms. The highest BCUT2D eigenvalue weighted by Gasteiger charge is 2.07. The van der Waals surface area contributed by atoms with Crippen LogP contribution in [0.4, 0.5) is 5.69 Å². The second-order valence-electron chi connectivity index (χ2n) is 3.60. The quantitative estimate of drug-likeness (QED) is 0.491. The molecule has 1 rings (SSSR count). The number of hydrogen-bond donors (Lipinski definition) is 1. The SMILES string of the molecule is COC(=O)/C(C#N)=C\Nc1ccc(C)c(C)c1. The van der Waals surface area contributed by atoms with Crippen LogP contribution in [-0.4, -0.2) is 13.1 Å². The number of methoxy groups -OCH3 is 1. The van der Waals surface area contributed by atoms with Crippen LogP contribution in [0.2, 0.25) is 0 Å². The lowest BCUT2D eigenvalue weighted by Crippen LogP contribution is -2.05. The van der Waals surface area contributed by atoms with Gasteiger partial charge in [-0.2, -0.15) is 5.26 Å². The average molecular weight is 230 g/mol. The smallest absolute Gasteiger partial charge is 0.350 e. The minimum absolute atomic E-state index is 0.0641. The van der Waals surface area contributed by atoms with Crippen molar-refractivity contribution in [3.8, 4) is 6.07 Å². The van der Waals surface area contributed by atoms with Gasteiger partial charge in [-0.3, -0.25) is 0 Å². The normalized spacial score (nSPS) is 10.6. The van der Waals surface area contributed by atoms with Gasteiger partial charge in [0.05, 0.1) is 7.11 Å². The Hall–Kier alpha value is -2.28. The molecule has 1 aromatic rings. The highest BCUT2D eigenvalue weighted by molar-refractivity contribution is 5.93. The van der Waals surface area contributed by atoms with Crippen LogP contribution in [0.15, 0.2) is 30.0 Å². The molecule has 0 fully saturated rings. The zero-order valence-corrected chi connectivity index (χ0v) is 10.1. The molecule has 0 radical (unpaired) electrons. The molecule has 1 aromatic carbocycles. The van der Waals surface area contributed by atoms with E-state index in [1.54, 1.807) is 6.07 Å². The summed E-state index contributed by atoms with van der Waals surface area (Å²) in [5.74, 6) is -0.649. The van der Waals surface area contributed by atoms with Crippen LogP contribution in [-0.2, 0) is 9.53 Å². The molecule has 0 saturated carbocycles. The average Bonchev–Trinajstić information content (AvgIpc) is 2.33. The van der Waals surface area contributed by atoms with E-state index < -0.39 is 5.97 Å². The Morgan fingerprint density at radius 2 is 2.12 bits per heavy atom. The summed E-state index contributed by atoms with van der Waals surface area (Å²) in [5, 5.41) is 11.6. The Morgan fingerprint density at radius 3 is 2.65 bits per heavy atom. The molecule has 4 heteroatoms. The summed E-state index contributed by atoms with van der Waals surface area (Å²) in [6, 6.07) is 7.56. The molecule has 0 saturated heterocycles. The molecule has 0 heterocycles. The second kappa shape index (κ2) is 5.71. The van der Waals surface area contributed by atoms with Crippen molar-refractivity contribution in [1.82, 2.24) is 0 Å². The Bertz CT molecular complexity index is 499. The van der Waals surface area contributed by atoms with Gasteiger partial charge in [-0.15, -0.1) is 0 Å². The zero-order valence-electron chi connectivity index (χ0n) is 10.1. The number of nitrogens with zero attached hydrogens (tertiary/aromatic N) is 1. The molecule has 0 bridgehead atoms. The first-order valence-electron chi connectivity index (χ1n) is 5.11. The number of aryl methyl sites for hydroxylation is 2. The van der Waals surface area contributed by atoms with E-state index in [-0.39, 0.29) is 5.57 Å². The number of ether oxygens (including phenoxy) is 1. The molecule has 0 aliphatic heterocycles. The van der Waals surface area contributed by atoms with Gasteiger partial charge in [-0.25, -0.2) is 4.79 Å². The first-order chi connectivity index (χ1) is 8.08. The molecule has 88 valence electrons. The number of nitrogens with one attached hydrogen (secondary N) is 1. The van der Waals surface area contributed by atoms with Crippen molar-refractivity contribution < 1.29 is 9.53 Å². The van der Waals surface area contributed by atoms with Gasteiger partial charge in [0.25, 0.3) is 0 Å². The minimum atomic E-state index is -0.649. The van der Waals surface area contributed by atoms with E-state index in [9.17, 15) is 4.79 Å². The fourth-order valence-electron chi connectivity index (χ4n) is 1.23. The topological polar surface area (TPSA) is 62.1 Å². The number of hydrogen-bond acceptors (Lipinski definition) is 4. The molecule has 0 aromatic heterocycles. The summed E-state index contributed by atoms with van der Waals surface area (Å²) in [5.41, 5.74) is 3.09. The molecule has 0 aliphatic rings. The second-order valence-corrected chi connectivity index (χ2v) is 3.60. The highest BCUT2D eigenvalue weighted by Crippen LogP contribution is 2.14. The number of esters is 1. The lowest BCUT2D eigenvalue weighted by Gasteiger charge is -2.05. The van der Waals surface area contributed by atoms with Crippen molar-refractivity contribution in [3.05, 3.63) is 41.1 Å². The van der Waals surface area contributed by atoms with Gasteiger partial charge in [0.2, 0.25) is 0 Å². The first-order valence-corrected chi connectivity index (χ1v) is 5.11. The Kier molecular flexibility index (Phi) is 4.29. The standard InChI is InChI=1S/C13H14N2O2/c1-9-4-5-12(6-10(9)2)15-8-11(7-14)13(16)17-3/h4-6,8,15H,1-3H3/b11-8-. The predicted octanol–water partition coefficient (Wildman–Crippen LogP) is 2.30. The number of carbonyl (C=O) groups excluding carboxylic acids is 1.